The molecule has 0 aliphatic rings. The molecule has 0 radical (unpaired) electrons. The maximum Gasteiger partial charge on any atom is 0.242 e. The summed E-state index contributed by atoms with van der Waals surface area (Å²) in [5.41, 5.74) is 1.92. The number of nitrogens with zero attached hydrogens (tertiary/aromatic N) is 1. The van der Waals surface area contributed by atoms with Gasteiger partial charge in [-0.1, -0.05) is 60.5 Å². The maximum absolute atomic E-state index is 13.0. The molecule has 0 fully saturated rings. The van der Waals surface area contributed by atoms with E-state index in [-0.39, 0.29) is 17.6 Å². The number of hydrogen-bond donors (Lipinski definition) is 1. The van der Waals surface area contributed by atoms with Crippen molar-refractivity contribution in [2.45, 2.75) is 38.6 Å². The second kappa shape index (κ2) is 12.1. The highest BCUT2D eigenvalue weighted by Gasteiger charge is 2.25. The highest BCUT2D eigenvalue weighted by atomic mass is 35.5. The fraction of sp³-hybridized carbons (Fsp3) is 0.364. The molecule has 0 aliphatic heterocycles. The van der Waals surface area contributed by atoms with E-state index in [2.05, 4.69) is 5.32 Å². The lowest BCUT2D eigenvalue weighted by Crippen LogP contribution is -2.48. The highest BCUT2D eigenvalue weighted by molar-refractivity contribution is 7.99. The van der Waals surface area contributed by atoms with Gasteiger partial charge < -0.3 is 10.2 Å². The van der Waals surface area contributed by atoms with Crippen LogP contribution >= 0.6 is 35.0 Å². The summed E-state index contributed by atoms with van der Waals surface area (Å²) < 4.78 is 0. The lowest BCUT2D eigenvalue weighted by atomic mass is 10.1. The van der Waals surface area contributed by atoms with Crippen LogP contribution in [0.15, 0.2) is 48.5 Å². The molecule has 0 unspecified atom stereocenters. The first kappa shape index (κ1) is 23.6. The summed E-state index contributed by atoms with van der Waals surface area (Å²) in [6, 6.07) is 14.3. The SMILES string of the molecule is CCCNC(=O)[C@@H](C)N(Cc1ccc(Cl)cc1)C(=O)CSCc1ccccc1Cl. The fourth-order valence-corrected chi connectivity index (χ4v) is 4.03. The quantitative estimate of drug-likeness (QED) is 0.540. The monoisotopic (exact) mass is 452 g/mol. The van der Waals surface area contributed by atoms with E-state index in [1.54, 1.807) is 24.0 Å². The Morgan fingerprint density at radius 2 is 1.79 bits per heavy atom. The summed E-state index contributed by atoms with van der Waals surface area (Å²) in [5, 5.41) is 4.20. The zero-order valence-electron chi connectivity index (χ0n) is 16.7. The summed E-state index contributed by atoms with van der Waals surface area (Å²) >= 11 is 13.6. The number of nitrogens with one attached hydrogen (secondary N) is 1. The van der Waals surface area contributed by atoms with E-state index < -0.39 is 6.04 Å². The first-order valence-corrected chi connectivity index (χ1v) is 11.5. The van der Waals surface area contributed by atoms with Crippen LogP contribution in [0.3, 0.4) is 0 Å². The molecular formula is C22H26Cl2N2O2S. The standard InChI is InChI=1S/C22H26Cl2N2O2S/c1-3-12-25-22(28)16(2)26(13-17-8-10-19(23)11-9-17)21(27)15-29-14-18-6-4-5-7-20(18)24/h4-11,16H,3,12-15H2,1-2H3,(H,25,28)/t16-/m1/s1. The van der Waals surface area contributed by atoms with Gasteiger partial charge in [0.1, 0.15) is 6.04 Å². The molecule has 7 heteroatoms. The highest BCUT2D eigenvalue weighted by Crippen LogP contribution is 2.22. The van der Waals surface area contributed by atoms with E-state index >= 15 is 0 Å². The average molecular weight is 453 g/mol. The molecule has 29 heavy (non-hydrogen) atoms. The van der Waals surface area contributed by atoms with E-state index in [0.717, 1.165) is 17.5 Å². The second-order valence-electron chi connectivity index (χ2n) is 6.70. The molecule has 1 atom stereocenters. The van der Waals surface area contributed by atoms with Crippen molar-refractivity contribution in [3.05, 3.63) is 69.7 Å². The fourth-order valence-electron chi connectivity index (χ4n) is 2.71. The topological polar surface area (TPSA) is 49.4 Å². The number of hydrogen-bond acceptors (Lipinski definition) is 3. The molecule has 0 bridgehead atoms. The molecule has 0 aromatic heterocycles. The van der Waals surface area contributed by atoms with Crippen LogP contribution in [0, 0.1) is 0 Å². The van der Waals surface area contributed by atoms with Gasteiger partial charge in [0.15, 0.2) is 0 Å². The first-order valence-electron chi connectivity index (χ1n) is 9.55. The molecular weight excluding hydrogens is 427 g/mol. The minimum absolute atomic E-state index is 0.0869. The third kappa shape index (κ3) is 7.57. The lowest BCUT2D eigenvalue weighted by molar-refractivity contribution is -0.138. The number of thioether (sulfide) groups is 1. The van der Waals surface area contributed by atoms with Crippen molar-refractivity contribution >= 4 is 46.8 Å². The predicted octanol–water partition coefficient (Wildman–Crippen LogP) is 5.17. The van der Waals surface area contributed by atoms with Crippen LogP contribution in [0.5, 0.6) is 0 Å². The Morgan fingerprint density at radius 1 is 1.10 bits per heavy atom. The van der Waals surface area contributed by atoms with Gasteiger partial charge in [0.2, 0.25) is 11.8 Å². The van der Waals surface area contributed by atoms with Crippen molar-refractivity contribution in [2.24, 2.45) is 0 Å². The van der Waals surface area contributed by atoms with Crippen LogP contribution in [-0.4, -0.2) is 35.1 Å². The van der Waals surface area contributed by atoms with Gasteiger partial charge in [0.25, 0.3) is 0 Å². The van der Waals surface area contributed by atoms with Gasteiger partial charge in [-0.25, -0.2) is 0 Å². The van der Waals surface area contributed by atoms with Crippen LogP contribution in [0.4, 0.5) is 0 Å². The summed E-state index contributed by atoms with van der Waals surface area (Å²) in [7, 11) is 0. The Kier molecular flexibility index (Phi) is 9.85. The van der Waals surface area contributed by atoms with Gasteiger partial charge in [0, 0.05) is 28.9 Å². The van der Waals surface area contributed by atoms with E-state index in [0.29, 0.717) is 28.9 Å². The Morgan fingerprint density at radius 3 is 2.45 bits per heavy atom. The third-order valence-corrected chi connectivity index (χ3v) is 6.01. The third-order valence-electron chi connectivity index (χ3n) is 4.42. The smallest absolute Gasteiger partial charge is 0.242 e. The van der Waals surface area contributed by atoms with Gasteiger partial charge in [-0.15, -0.1) is 11.8 Å². The van der Waals surface area contributed by atoms with Crippen molar-refractivity contribution < 1.29 is 9.59 Å². The minimum atomic E-state index is -0.564. The summed E-state index contributed by atoms with van der Waals surface area (Å²) in [5.74, 6) is 0.669. The molecule has 0 saturated carbocycles. The number of benzene rings is 2. The molecule has 2 aromatic carbocycles. The van der Waals surface area contributed by atoms with Crippen LogP contribution in [0.25, 0.3) is 0 Å². The van der Waals surface area contributed by atoms with Gasteiger partial charge in [-0.3, -0.25) is 9.59 Å². The van der Waals surface area contributed by atoms with Gasteiger partial charge in [-0.2, -0.15) is 0 Å². The molecule has 1 N–H and O–H groups in total. The number of carbonyl (C=O) groups excluding carboxylic acids is 2. The van der Waals surface area contributed by atoms with Gasteiger partial charge in [-0.05, 0) is 42.7 Å². The van der Waals surface area contributed by atoms with Crippen molar-refractivity contribution in [3.63, 3.8) is 0 Å². The molecule has 0 spiro atoms. The molecule has 0 aliphatic carbocycles. The zero-order chi connectivity index (χ0) is 21.2. The van der Waals surface area contributed by atoms with Crippen LogP contribution in [-0.2, 0) is 21.9 Å². The van der Waals surface area contributed by atoms with Crippen molar-refractivity contribution in [1.82, 2.24) is 10.2 Å². The summed E-state index contributed by atoms with van der Waals surface area (Å²) in [4.78, 5) is 27.1. The molecule has 2 rings (SSSR count). The zero-order valence-corrected chi connectivity index (χ0v) is 19.0. The normalized spacial score (nSPS) is 11.7. The molecule has 0 saturated heterocycles. The van der Waals surface area contributed by atoms with Crippen LogP contribution in [0.1, 0.15) is 31.4 Å². The largest absolute Gasteiger partial charge is 0.354 e. The summed E-state index contributed by atoms with van der Waals surface area (Å²) in [6.45, 7) is 4.70. The van der Waals surface area contributed by atoms with Crippen molar-refractivity contribution in [1.29, 1.82) is 0 Å². The number of rotatable bonds is 10. The maximum atomic E-state index is 13.0. The van der Waals surface area contributed by atoms with E-state index in [4.69, 9.17) is 23.2 Å². The molecule has 2 aromatic rings. The number of amides is 2. The Hall–Kier alpha value is -1.69. The second-order valence-corrected chi connectivity index (χ2v) is 8.53. The number of carbonyl (C=O) groups is 2. The van der Waals surface area contributed by atoms with E-state index in [1.165, 1.54) is 11.8 Å². The van der Waals surface area contributed by atoms with Crippen LogP contribution in [0.2, 0.25) is 10.0 Å². The molecule has 4 nitrogen and oxygen atoms in total. The Labute approximate surface area is 187 Å². The predicted molar refractivity (Wildman–Crippen MR) is 122 cm³/mol. The van der Waals surface area contributed by atoms with Gasteiger partial charge >= 0.3 is 0 Å². The Balaban J connectivity index is 2.05. The first-order chi connectivity index (χ1) is 13.9. The number of halogens is 2. The molecule has 0 heterocycles. The van der Waals surface area contributed by atoms with Gasteiger partial charge in [0.05, 0.1) is 5.75 Å². The van der Waals surface area contributed by atoms with Crippen molar-refractivity contribution in [2.75, 3.05) is 12.3 Å². The van der Waals surface area contributed by atoms with E-state index in [1.807, 2.05) is 43.3 Å². The van der Waals surface area contributed by atoms with Crippen LogP contribution < -0.4 is 5.32 Å². The molecule has 2 amide bonds. The summed E-state index contributed by atoms with van der Waals surface area (Å²) in [6.07, 6.45) is 0.845. The lowest BCUT2D eigenvalue weighted by Gasteiger charge is -2.28. The average Bonchev–Trinajstić information content (AvgIpc) is 2.72. The Bertz CT molecular complexity index is 815. The van der Waals surface area contributed by atoms with E-state index in [9.17, 15) is 9.59 Å². The minimum Gasteiger partial charge on any atom is -0.354 e. The van der Waals surface area contributed by atoms with Crippen molar-refractivity contribution in [3.8, 4) is 0 Å². The molecule has 156 valence electrons.